The SMILES string of the molecule is COc1cc2ncnc(Nc3ccc(F)c(Cl)c3)c2cc1C(C)(C)N1CCN(CC(C)C)CC1. The van der Waals surface area contributed by atoms with Crippen molar-refractivity contribution in [2.45, 2.75) is 33.2 Å². The van der Waals surface area contributed by atoms with Crippen molar-refractivity contribution in [1.82, 2.24) is 19.8 Å². The molecular formula is C26H33ClFN5O. The minimum atomic E-state index is -0.456. The number of piperazine rings is 1. The molecule has 182 valence electrons. The van der Waals surface area contributed by atoms with E-state index in [-0.39, 0.29) is 10.6 Å². The number of hydrogen-bond donors (Lipinski definition) is 1. The number of aromatic nitrogens is 2. The van der Waals surface area contributed by atoms with Gasteiger partial charge in [0.05, 0.1) is 17.6 Å². The maximum Gasteiger partial charge on any atom is 0.141 e. The summed E-state index contributed by atoms with van der Waals surface area (Å²) in [4.78, 5) is 14.0. The number of benzene rings is 2. The van der Waals surface area contributed by atoms with Crippen LogP contribution < -0.4 is 10.1 Å². The van der Waals surface area contributed by atoms with Crippen LogP contribution in [0.1, 0.15) is 33.3 Å². The molecule has 1 saturated heterocycles. The third-order valence-electron chi connectivity index (χ3n) is 6.58. The molecule has 1 fully saturated rings. The van der Waals surface area contributed by atoms with Crippen LogP contribution >= 0.6 is 11.6 Å². The molecule has 1 aliphatic rings. The lowest BCUT2D eigenvalue weighted by atomic mass is 9.89. The van der Waals surface area contributed by atoms with E-state index in [4.69, 9.17) is 16.3 Å². The minimum absolute atomic E-state index is 0.0588. The summed E-state index contributed by atoms with van der Waals surface area (Å²) in [5.74, 6) is 1.65. The van der Waals surface area contributed by atoms with E-state index in [1.165, 1.54) is 12.4 Å². The lowest BCUT2D eigenvalue weighted by Gasteiger charge is -2.45. The van der Waals surface area contributed by atoms with Crippen molar-refractivity contribution < 1.29 is 9.13 Å². The predicted octanol–water partition coefficient (Wildman–Crippen LogP) is 5.68. The van der Waals surface area contributed by atoms with Gasteiger partial charge in [0.25, 0.3) is 0 Å². The monoisotopic (exact) mass is 485 g/mol. The summed E-state index contributed by atoms with van der Waals surface area (Å²) in [6.45, 7) is 14.2. The van der Waals surface area contributed by atoms with Gasteiger partial charge in [0.1, 0.15) is 23.7 Å². The molecule has 1 aliphatic heterocycles. The van der Waals surface area contributed by atoms with Gasteiger partial charge in [-0.3, -0.25) is 4.90 Å². The van der Waals surface area contributed by atoms with Crippen LogP contribution in [-0.4, -0.2) is 59.6 Å². The second-order valence-corrected chi connectivity index (χ2v) is 10.2. The number of nitrogens with one attached hydrogen (secondary N) is 1. The number of ether oxygens (including phenoxy) is 1. The van der Waals surface area contributed by atoms with Crippen LogP contribution in [0.4, 0.5) is 15.9 Å². The van der Waals surface area contributed by atoms with E-state index in [1.54, 1.807) is 19.2 Å². The van der Waals surface area contributed by atoms with Gasteiger partial charge in [-0.1, -0.05) is 25.4 Å². The van der Waals surface area contributed by atoms with Crippen LogP contribution in [0.2, 0.25) is 5.02 Å². The normalized spacial score (nSPS) is 15.8. The number of methoxy groups -OCH3 is 1. The lowest BCUT2D eigenvalue weighted by Crippen LogP contribution is -2.53. The Kier molecular flexibility index (Phi) is 7.26. The van der Waals surface area contributed by atoms with Crippen molar-refractivity contribution in [2.24, 2.45) is 5.92 Å². The third-order valence-corrected chi connectivity index (χ3v) is 6.87. The highest BCUT2D eigenvalue weighted by molar-refractivity contribution is 6.31. The topological polar surface area (TPSA) is 53.5 Å². The largest absolute Gasteiger partial charge is 0.496 e. The highest BCUT2D eigenvalue weighted by Gasteiger charge is 2.34. The van der Waals surface area contributed by atoms with Crippen LogP contribution in [-0.2, 0) is 5.54 Å². The molecule has 0 unspecified atom stereocenters. The lowest BCUT2D eigenvalue weighted by molar-refractivity contribution is 0.0450. The Labute approximate surface area is 206 Å². The smallest absolute Gasteiger partial charge is 0.141 e. The highest BCUT2D eigenvalue weighted by atomic mass is 35.5. The fraction of sp³-hybridized carbons (Fsp3) is 0.462. The molecule has 2 heterocycles. The molecule has 3 aromatic rings. The molecule has 0 radical (unpaired) electrons. The van der Waals surface area contributed by atoms with Crippen molar-refractivity contribution in [1.29, 1.82) is 0 Å². The number of halogens is 2. The van der Waals surface area contributed by atoms with Crippen LogP contribution in [0.5, 0.6) is 5.75 Å². The molecule has 8 heteroatoms. The maximum atomic E-state index is 13.6. The van der Waals surface area contributed by atoms with E-state index in [2.05, 4.69) is 58.8 Å². The highest BCUT2D eigenvalue weighted by Crippen LogP contribution is 2.39. The predicted molar refractivity (Wildman–Crippen MR) is 137 cm³/mol. The molecule has 34 heavy (non-hydrogen) atoms. The van der Waals surface area contributed by atoms with Crippen molar-refractivity contribution in [3.8, 4) is 5.75 Å². The maximum absolute atomic E-state index is 13.6. The van der Waals surface area contributed by atoms with Crippen molar-refractivity contribution in [3.63, 3.8) is 0 Å². The van der Waals surface area contributed by atoms with Gasteiger partial charge in [0.15, 0.2) is 0 Å². The fourth-order valence-electron chi connectivity index (χ4n) is 4.72. The molecule has 6 nitrogen and oxygen atoms in total. The van der Waals surface area contributed by atoms with Gasteiger partial charge >= 0.3 is 0 Å². The molecule has 0 amide bonds. The number of rotatable bonds is 7. The first kappa shape index (κ1) is 24.6. The average molecular weight is 486 g/mol. The molecule has 0 spiro atoms. The van der Waals surface area contributed by atoms with Gasteiger partial charge < -0.3 is 15.0 Å². The molecular weight excluding hydrogens is 453 g/mol. The van der Waals surface area contributed by atoms with Gasteiger partial charge in [0.2, 0.25) is 0 Å². The zero-order chi connectivity index (χ0) is 24.5. The summed E-state index contributed by atoms with van der Waals surface area (Å²) in [6.07, 6.45) is 1.51. The molecule has 2 aromatic carbocycles. The van der Waals surface area contributed by atoms with E-state index >= 15 is 0 Å². The molecule has 0 bridgehead atoms. The van der Waals surface area contributed by atoms with Gasteiger partial charge in [-0.15, -0.1) is 0 Å². The van der Waals surface area contributed by atoms with Gasteiger partial charge in [-0.05, 0) is 44.0 Å². The van der Waals surface area contributed by atoms with E-state index in [0.29, 0.717) is 17.4 Å². The fourth-order valence-corrected chi connectivity index (χ4v) is 4.90. The van der Waals surface area contributed by atoms with E-state index < -0.39 is 5.82 Å². The summed E-state index contributed by atoms with van der Waals surface area (Å²) >= 11 is 5.97. The molecule has 0 atom stereocenters. The molecule has 4 rings (SSSR count). The molecule has 0 aliphatic carbocycles. The average Bonchev–Trinajstić information content (AvgIpc) is 2.80. The minimum Gasteiger partial charge on any atom is -0.496 e. The van der Waals surface area contributed by atoms with Crippen molar-refractivity contribution >= 4 is 34.0 Å². The van der Waals surface area contributed by atoms with Crippen LogP contribution in [0.25, 0.3) is 10.9 Å². The van der Waals surface area contributed by atoms with Crippen molar-refractivity contribution in [3.05, 3.63) is 53.1 Å². The number of fused-ring (bicyclic) bond motifs is 1. The first-order valence-electron chi connectivity index (χ1n) is 11.7. The first-order chi connectivity index (χ1) is 16.2. The van der Waals surface area contributed by atoms with Crippen LogP contribution in [0.15, 0.2) is 36.7 Å². The first-order valence-corrected chi connectivity index (χ1v) is 12.1. The van der Waals surface area contributed by atoms with Gasteiger partial charge in [0, 0.05) is 61.0 Å². The summed E-state index contributed by atoms with van der Waals surface area (Å²) in [5, 5.41) is 4.20. The molecule has 1 aromatic heterocycles. The van der Waals surface area contributed by atoms with E-state index in [1.807, 2.05) is 6.07 Å². The van der Waals surface area contributed by atoms with Gasteiger partial charge in [-0.25, -0.2) is 14.4 Å². The molecule has 1 N–H and O–H groups in total. The van der Waals surface area contributed by atoms with Crippen LogP contribution in [0.3, 0.4) is 0 Å². The summed E-state index contributed by atoms with van der Waals surface area (Å²) in [7, 11) is 1.70. The zero-order valence-electron chi connectivity index (χ0n) is 20.5. The van der Waals surface area contributed by atoms with E-state index in [0.717, 1.165) is 54.9 Å². The Bertz CT molecular complexity index is 1160. The van der Waals surface area contributed by atoms with Crippen molar-refractivity contribution in [2.75, 3.05) is 45.2 Å². The Hall–Kier alpha value is -2.48. The second-order valence-electron chi connectivity index (χ2n) is 9.79. The molecule has 0 saturated carbocycles. The number of hydrogen-bond acceptors (Lipinski definition) is 6. The standard InChI is InChI=1S/C26H33ClFN5O/c1-17(2)15-32-8-10-33(11-9-32)26(3,4)20-13-19-23(14-24(20)34-5)29-16-30-25(19)31-18-6-7-22(28)21(27)12-18/h6-7,12-14,16-17H,8-11,15H2,1-5H3,(H,29,30,31). The summed E-state index contributed by atoms with van der Waals surface area (Å²) in [6, 6.07) is 8.61. The van der Waals surface area contributed by atoms with Crippen LogP contribution in [0, 0.1) is 11.7 Å². The van der Waals surface area contributed by atoms with Gasteiger partial charge in [-0.2, -0.15) is 0 Å². The zero-order valence-corrected chi connectivity index (χ0v) is 21.3. The number of nitrogens with zero attached hydrogens (tertiary/aromatic N) is 4. The second kappa shape index (κ2) is 10.0. The number of anilines is 2. The Morgan fingerprint density at radius 2 is 1.85 bits per heavy atom. The quantitative estimate of drug-likeness (QED) is 0.464. The van der Waals surface area contributed by atoms with E-state index in [9.17, 15) is 4.39 Å². The summed E-state index contributed by atoms with van der Waals surface area (Å²) < 4.78 is 19.4. The third kappa shape index (κ3) is 5.11. The Balaban J connectivity index is 1.68. The Morgan fingerprint density at radius 1 is 1.12 bits per heavy atom. The Morgan fingerprint density at radius 3 is 2.50 bits per heavy atom. The summed E-state index contributed by atoms with van der Waals surface area (Å²) in [5.41, 5.74) is 2.25.